The third-order valence-corrected chi connectivity index (χ3v) is 5.62. The van der Waals surface area contributed by atoms with Crippen LogP contribution >= 0.6 is 0 Å². The fraction of sp³-hybridized carbons (Fsp3) is 0.650. The Labute approximate surface area is 151 Å². The molecule has 2 N–H and O–H groups in total. The number of hydrogen-bond donors (Lipinski definition) is 2. The quantitative estimate of drug-likeness (QED) is 0.885. The molecule has 3 rings (SSSR count). The Morgan fingerprint density at radius 2 is 1.84 bits per heavy atom. The minimum Gasteiger partial charge on any atom is -0.392 e. The molecule has 2 saturated heterocycles. The molecule has 0 saturated carbocycles. The number of urea groups is 1. The lowest BCUT2D eigenvalue weighted by atomic mass is 9.81. The number of nitrogens with one attached hydrogen (secondary N) is 1. The van der Waals surface area contributed by atoms with E-state index in [0.717, 1.165) is 32.5 Å². The molecule has 1 atom stereocenters. The Morgan fingerprint density at radius 1 is 1.16 bits per heavy atom. The van der Waals surface area contributed by atoms with Crippen LogP contribution in [-0.4, -0.2) is 59.3 Å². The molecule has 0 spiro atoms. The van der Waals surface area contributed by atoms with E-state index in [2.05, 4.69) is 34.5 Å². The first kappa shape index (κ1) is 18.2. The third kappa shape index (κ3) is 4.73. The predicted octanol–water partition coefficient (Wildman–Crippen LogP) is 2.45. The number of hydrogen-bond acceptors (Lipinski definition) is 3. The maximum absolute atomic E-state index is 12.6. The fourth-order valence-corrected chi connectivity index (χ4v) is 3.86. The van der Waals surface area contributed by atoms with Gasteiger partial charge in [0.05, 0.1) is 6.10 Å². The van der Waals surface area contributed by atoms with E-state index in [0.29, 0.717) is 19.5 Å². The molecule has 1 aromatic rings. The lowest BCUT2D eigenvalue weighted by Crippen LogP contribution is -2.55. The maximum Gasteiger partial charge on any atom is 0.317 e. The summed E-state index contributed by atoms with van der Waals surface area (Å²) in [5, 5.41) is 13.2. The third-order valence-electron chi connectivity index (χ3n) is 5.62. The number of carbonyl (C=O) groups excluding carboxylic acids is 1. The lowest BCUT2D eigenvalue weighted by Gasteiger charge is -2.42. The van der Waals surface area contributed by atoms with Gasteiger partial charge in [0, 0.05) is 44.2 Å². The SMILES string of the molecule is CC1(C)CN(C(=O)NC2CCN(Cc3ccccc3)CC2)CCC1O. The number of rotatable bonds is 3. The van der Waals surface area contributed by atoms with Gasteiger partial charge in [0.25, 0.3) is 0 Å². The molecule has 2 heterocycles. The summed E-state index contributed by atoms with van der Waals surface area (Å²) < 4.78 is 0. The molecule has 0 radical (unpaired) electrons. The van der Waals surface area contributed by atoms with Crippen molar-refractivity contribution < 1.29 is 9.90 Å². The molecule has 0 aliphatic carbocycles. The van der Waals surface area contributed by atoms with Crippen molar-refractivity contribution in [2.75, 3.05) is 26.2 Å². The summed E-state index contributed by atoms with van der Waals surface area (Å²) in [7, 11) is 0. The lowest BCUT2D eigenvalue weighted by molar-refractivity contribution is -0.0119. The second-order valence-electron chi connectivity index (χ2n) is 8.20. The first-order valence-corrected chi connectivity index (χ1v) is 9.44. The highest BCUT2D eigenvalue weighted by Crippen LogP contribution is 2.29. The monoisotopic (exact) mass is 345 g/mol. The van der Waals surface area contributed by atoms with Gasteiger partial charge in [-0.1, -0.05) is 44.2 Å². The maximum atomic E-state index is 12.6. The summed E-state index contributed by atoms with van der Waals surface area (Å²) in [6.07, 6.45) is 2.34. The van der Waals surface area contributed by atoms with E-state index in [4.69, 9.17) is 0 Å². The van der Waals surface area contributed by atoms with Crippen LogP contribution in [0.25, 0.3) is 0 Å². The Morgan fingerprint density at radius 3 is 2.48 bits per heavy atom. The van der Waals surface area contributed by atoms with Gasteiger partial charge in [0.1, 0.15) is 0 Å². The highest BCUT2D eigenvalue weighted by Gasteiger charge is 2.36. The molecule has 0 bridgehead atoms. The van der Waals surface area contributed by atoms with Crippen molar-refractivity contribution in [2.45, 2.75) is 51.8 Å². The molecule has 2 aliphatic rings. The summed E-state index contributed by atoms with van der Waals surface area (Å²) in [5.74, 6) is 0. The topological polar surface area (TPSA) is 55.8 Å². The van der Waals surface area contributed by atoms with Gasteiger partial charge < -0.3 is 15.3 Å². The Bertz CT molecular complexity index is 568. The van der Waals surface area contributed by atoms with Crippen LogP contribution in [0.1, 0.15) is 38.7 Å². The second kappa shape index (κ2) is 7.75. The average molecular weight is 345 g/mol. The number of aliphatic hydroxyl groups excluding tert-OH is 1. The molecule has 25 heavy (non-hydrogen) atoms. The van der Waals surface area contributed by atoms with E-state index in [1.807, 2.05) is 24.8 Å². The average Bonchev–Trinajstić information content (AvgIpc) is 2.60. The van der Waals surface area contributed by atoms with Crippen molar-refractivity contribution >= 4 is 6.03 Å². The normalized spacial score (nSPS) is 24.9. The van der Waals surface area contributed by atoms with Crippen LogP contribution in [-0.2, 0) is 6.54 Å². The smallest absolute Gasteiger partial charge is 0.317 e. The van der Waals surface area contributed by atoms with Gasteiger partial charge in [-0.25, -0.2) is 4.79 Å². The van der Waals surface area contributed by atoms with E-state index in [9.17, 15) is 9.90 Å². The molecule has 2 amide bonds. The number of nitrogens with zero attached hydrogens (tertiary/aromatic N) is 2. The minimum absolute atomic E-state index is 0.0292. The van der Waals surface area contributed by atoms with Crippen molar-refractivity contribution in [3.63, 3.8) is 0 Å². The number of benzene rings is 1. The van der Waals surface area contributed by atoms with Gasteiger partial charge in [-0.3, -0.25) is 4.90 Å². The summed E-state index contributed by atoms with van der Waals surface area (Å²) in [5.41, 5.74) is 1.12. The number of likely N-dealkylation sites (tertiary alicyclic amines) is 2. The minimum atomic E-state index is -0.322. The van der Waals surface area contributed by atoms with Gasteiger partial charge in [-0.2, -0.15) is 0 Å². The molecule has 2 fully saturated rings. The molecular formula is C20H31N3O2. The second-order valence-corrected chi connectivity index (χ2v) is 8.20. The summed E-state index contributed by atoms with van der Waals surface area (Å²) in [6, 6.07) is 10.8. The molecule has 138 valence electrons. The number of piperidine rings is 2. The molecular weight excluding hydrogens is 314 g/mol. The zero-order valence-corrected chi connectivity index (χ0v) is 15.4. The molecule has 0 aromatic heterocycles. The number of carbonyl (C=O) groups is 1. The number of amides is 2. The van der Waals surface area contributed by atoms with E-state index >= 15 is 0 Å². The summed E-state index contributed by atoms with van der Waals surface area (Å²) >= 11 is 0. The molecule has 2 aliphatic heterocycles. The van der Waals surface area contributed by atoms with Gasteiger partial charge in [-0.05, 0) is 24.8 Å². The standard InChI is InChI=1S/C20H31N3O2/c1-20(2)15-23(13-10-18(20)24)19(25)21-17-8-11-22(12-9-17)14-16-6-4-3-5-7-16/h3-7,17-18,24H,8-15H2,1-2H3,(H,21,25). The van der Waals surface area contributed by atoms with Crippen LogP contribution in [0.3, 0.4) is 0 Å². The molecule has 5 heteroatoms. The van der Waals surface area contributed by atoms with Crippen LogP contribution in [0.5, 0.6) is 0 Å². The van der Waals surface area contributed by atoms with Crippen LogP contribution in [0.2, 0.25) is 0 Å². The first-order chi connectivity index (χ1) is 11.9. The zero-order chi connectivity index (χ0) is 17.9. The van der Waals surface area contributed by atoms with Crippen molar-refractivity contribution in [3.8, 4) is 0 Å². The van der Waals surface area contributed by atoms with E-state index < -0.39 is 0 Å². The highest BCUT2D eigenvalue weighted by molar-refractivity contribution is 5.74. The van der Waals surface area contributed by atoms with E-state index in [1.165, 1.54) is 5.56 Å². The fourth-order valence-electron chi connectivity index (χ4n) is 3.86. The Balaban J connectivity index is 1.43. The van der Waals surface area contributed by atoms with Gasteiger partial charge in [0.15, 0.2) is 0 Å². The first-order valence-electron chi connectivity index (χ1n) is 9.44. The summed E-state index contributed by atoms with van der Waals surface area (Å²) in [4.78, 5) is 16.9. The van der Waals surface area contributed by atoms with E-state index in [-0.39, 0.29) is 23.6 Å². The van der Waals surface area contributed by atoms with Crippen molar-refractivity contribution in [3.05, 3.63) is 35.9 Å². The Kier molecular flexibility index (Phi) is 5.64. The van der Waals surface area contributed by atoms with Crippen LogP contribution < -0.4 is 5.32 Å². The number of aliphatic hydroxyl groups is 1. The van der Waals surface area contributed by atoms with E-state index in [1.54, 1.807) is 0 Å². The van der Waals surface area contributed by atoms with Crippen LogP contribution in [0, 0.1) is 5.41 Å². The van der Waals surface area contributed by atoms with Gasteiger partial charge in [-0.15, -0.1) is 0 Å². The van der Waals surface area contributed by atoms with Crippen molar-refractivity contribution in [1.82, 2.24) is 15.1 Å². The largest absolute Gasteiger partial charge is 0.392 e. The molecule has 1 unspecified atom stereocenters. The summed E-state index contributed by atoms with van der Waals surface area (Å²) in [6.45, 7) is 8.34. The molecule has 1 aromatic carbocycles. The molecule has 5 nitrogen and oxygen atoms in total. The predicted molar refractivity (Wildman–Crippen MR) is 99.3 cm³/mol. The highest BCUT2D eigenvalue weighted by atomic mass is 16.3. The Hall–Kier alpha value is -1.59. The van der Waals surface area contributed by atoms with Crippen molar-refractivity contribution in [1.29, 1.82) is 0 Å². The van der Waals surface area contributed by atoms with Crippen LogP contribution in [0.4, 0.5) is 4.79 Å². The van der Waals surface area contributed by atoms with Crippen molar-refractivity contribution in [2.24, 2.45) is 5.41 Å². The van der Waals surface area contributed by atoms with Gasteiger partial charge in [0.2, 0.25) is 0 Å². The van der Waals surface area contributed by atoms with Gasteiger partial charge >= 0.3 is 6.03 Å². The zero-order valence-electron chi connectivity index (χ0n) is 15.4. The van der Waals surface area contributed by atoms with Crippen LogP contribution in [0.15, 0.2) is 30.3 Å².